The maximum atomic E-state index is 13.1. The van der Waals surface area contributed by atoms with Crippen LogP contribution in [-0.4, -0.2) is 42.9 Å². The van der Waals surface area contributed by atoms with Gasteiger partial charge in [0, 0.05) is 38.8 Å². The van der Waals surface area contributed by atoms with E-state index in [-0.39, 0.29) is 23.3 Å². The van der Waals surface area contributed by atoms with Gasteiger partial charge in [0.1, 0.15) is 11.5 Å². The Morgan fingerprint density at radius 3 is 2.19 bits per heavy atom. The van der Waals surface area contributed by atoms with Crippen LogP contribution in [-0.2, 0) is 9.59 Å². The molecule has 2 aromatic rings. The van der Waals surface area contributed by atoms with E-state index in [0.29, 0.717) is 26.2 Å². The average Bonchev–Trinajstić information content (AvgIpc) is 2.68. The molecule has 5 nitrogen and oxygen atoms in total. The van der Waals surface area contributed by atoms with Gasteiger partial charge in [-0.2, -0.15) is 0 Å². The van der Waals surface area contributed by atoms with Crippen molar-refractivity contribution in [3.8, 4) is 0 Å². The van der Waals surface area contributed by atoms with Crippen molar-refractivity contribution in [1.82, 2.24) is 10.2 Å². The number of rotatable bonds is 4. The quantitative estimate of drug-likeness (QED) is 0.846. The van der Waals surface area contributed by atoms with E-state index in [4.69, 9.17) is 0 Å². The number of anilines is 1. The largest absolute Gasteiger partial charge is 0.368 e. The summed E-state index contributed by atoms with van der Waals surface area (Å²) in [5, 5.41) is 2.65. The Hall–Kier alpha value is -3.15. The lowest BCUT2D eigenvalue weighted by Crippen LogP contribution is -2.50. The lowest BCUT2D eigenvalue weighted by molar-refractivity contribution is -0.129. The number of hydrogen-bond donors (Lipinski definition) is 1. The zero-order chi connectivity index (χ0) is 19.2. The fourth-order valence-corrected chi connectivity index (χ4v) is 3.05. The number of benzene rings is 2. The summed E-state index contributed by atoms with van der Waals surface area (Å²) in [5.41, 5.74) is 2.05. The SMILES string of the molecule is CC(=O)N/C(=C\c1ccccc1)C(=O)N1CCN(c2ccc(F)cc2)CC1. The normalized spacial score (nSPS) is 14.8. The molecule has 0 saturated carbocycles. The highest BCUT2D eigenvalue weighted by molar-refractivity contribution is 6.01. The molecule has 140 valence electrons. The van der Waals surface area contributed by atoms with E-state index >= 15 is 0 Å². The van der Waals surface area contributed by atoms with Gasteiger partial charge in [0.15, 0.2) is 0 Å². The molecule has 6 heteroatoms. The molecule has 1 fully saturated rings. The topological polar surface area (TPSA) is 52.7 Å². The van der Waals surface area contributed by atoms with Crippen molar-refractivity contribution in [3.63, 3.8) is 0 Å². The monoisotopic (exact) mass is 367 g/mol. The van der Waals surface area contributed by atoms with E-state index in [2.05, 4.69) is 10.2 Å². The third-order valence-electron chi connectivity index (χ3n) is 4.41. The van der Waals surface area contributed by atoms with Gasteiger partial charge in [-0.3, -0.25) is 9.59 Å². The summed E-state index contributed by atoms with van der Waals surface area (Å²) in [7, 11) is 0. The summed E-state index contributed by atoms with van der Waals surface area (Å²) >= 11 is 0. The highest BCUT2D eigenvalue weighted by atomic mass is 19.1. The second-order valence-corrected chi connectivity index (χ2v) is 6.41. The van der Waals surface area contributed by atoms with Crippen molar-refractivity contribution in [2.75, 3.05) is 31.1 Å². The molecular weight excluding hydrogens is 345 g/mol. The highest BCUT2D eigenvalue weighted by Gasteiger charge is 2.24. The lowest BCUT2D eigenvalue weighted by Gasteiger charge is -2.36. The van der Waals surface area contributed by atoms with Crippen molar-refractivity contribution in [1.29, 1.82) is 0 Å². The summed E-state index contributed by atoms with van der Waals surface area (Å²) in [6.07, 6.45) is 1.69. The van der Waals surface area contributed by atoms with E-state index in [0.717, 1.165) is 11.3 Å². The van der Waals surface area contributed by atoms with Crippen molar-refractivity contribution in [3.05, 3.63) is 71.7 Å². The maximum Gasteiger partial charge on any atom is 0.270 e. The lowest BCUT2D eigenvalue weighted by atomic mass is 10.1. The first kappa shape index (κ1) is 18.6. The fourth-order valence-electron chi connectivity index (χ4n) is 3.05. The van der Waals surface area contributed by atoms with Gasteiger partial charge < -0.3 is 15.1 Å². The van der Waals surface area contributed by atoms with Gasteiger partial charge in [-0.25, -0.2) is 4.39 Å². The summed E-state index contributed by atoms with van der Waals surface area (Å²) < 4.78 is 13.1. The Morgan fingerprint density at radius 1 is 0.963 bits per heavy atom. The van der Waals surface area contributed by atoms with Crippen LogP contribution in [0.2, 0.25) is 0 Å². The number of carbonyl (C=O) groups is 2. The third-order valence-corrected chi connectivity index (χ3v) is 4.41. The second kappa shape index (κ2) is 8.49. The average molecular weight is 367 g/mol. The molecule has 0 unspecified atom stereocenters. The third kappa shape index (κ3) is 4.94. The first-order valence-electron chi connectivity index (χ1n) is 8.87. The van der Waals surface area contributed by atoms with Crippen LogP contribution in [0.1, 0.15) is 12.5 Å². The van der Waals surface area contributed by atoms with Crippen LogP contribution >= 0.6 is 0 Å². The first-order chi connectivity index (χ1) is 13.0. The minimum atomic E-state index is -0.282. The van der Waals surface area contributed by atoms with Crippen LogP contribution in [0.4, 0.5) is 10.1 Å². The van der Waals surface area contributed by atoms with Gasteiger partial charge in [0.05, 0.1) is 0 Å². The van der Waals surface area contributed by atoms with Gasteiger partial charge in [-0.15, -0.1) is 0 Å². The molecule has 0 spiro atoms. The Morgan fingerprint density at radius 2 is 1.59 bits per heavy atom. The molecule has 0 aliphatic carbocycles. The van der Waals surface area contributed by atoms with Gasteiger partial charge in [0.25, 0.3) is 5.91 Å². The summed E-state index contributed by atoms with van der Waals surface area (Å²) in [6, 6.07) is 15.8. The van der Waals surface area contributed by atoms with E-state index in [1.165, 1.54) is 19.1 Å². The van der Waals surface area contributed by atoms with Crippen LogP contribution in [0.5, 0.6) is 0 Å². The number of amides is 2. The van der Waals surface area contributed by atoms with Crippen LogP contribution in [0, 0.1) is 5.82 Å². The zero-order valence-electron chi connectivity index (χ0n) is 15.2. The Kier molecular flexibility index (Phi) is 5.86. The predicted molar refractivity (Wildman–Crippen MR) is 103 cm³/mol. The van der Waals surface area contributed by atoms with Crippen molar-refractivity contribution in [2.45, 2.75) is 6.92 Å². The molecule has 0 atom stereocenters. The zero-order valence-corrected chi connectivity index (χ0v) is 15.2. The molecule has 27 heavy (non-hydrogen) atoms. The summed E-state index contributed by atoms with van der Waals surface area (Å²) in [6.45, 7) is 3.74. The number of halogens is 1. The molecule has 1 heterocycles. The van der Waals surface area contributed by atoms with Gasteiger partial charge in [-0.1, -0.05) is 30.3 Å². The molecule has 1 N–H and O–H groups in total. The molecule has 0 bridgehead atoms. The molecule has 1 aliphatic rings. The molecule has 1 aliphatic heterocycles. The molecule has 0 radical (unpaired) electrons. The molecule has 2 aromatic carbocycles. The number of nitrogens with zero attached hydrogens (tertiary/aromatic N) is 2. The van der Waals surface area contributed by atoms with Gasteiger partial charge >= 0.3 is 0 Å². The Labute approximate surface area is 158 Å². The number of nitrogens with one attached hydrogen (secondary N) is 1. The maximum absolute atomic E-state index is 13.1. The Balaban J connectivity index is 1.69. The van der Waals surface area contributed by atoms with Crippen LogP contribution in [0.15, 0.2) is 60.3 Å². The number of piperazine rings is 1. The minimum absolute atomic E-state index is 0.201. The smallest absolute Gasteiger partial charge is 0.270 e. The number of carbonyl (C=O) groups excluding carboxylic acids is 2. The molecule has 1 saturated heterocycles. The number of hydrogen-bond acceptors (Lipinski definition) is 3. The highest BCUT2D eigenvalue weighted by Crippen LogP contribution is 2.18. The molecular formula is C21H22FN3O2. The second-order valence-electron chi connectivity index (χ2n) is 6.41. The van der Waals surface area contributed by atoms with Gasteiger partial charge in [0.2, 0.25) is 5.91 Å². The minimum Gasteiger partial charge on any atom is -0.368 e. The van der Waals surface area contributed by atoms with Crippen LogP contribution in [0.25, 0.3) is 6.08 Å². The van der Waals surface area contributed by atoms with E-state index in [1.54, 1.807) is 23.1 Å². The first-order valence-corrected chi connectivity index (χ1v) is 8.87. The molecule has 3 rings (SSSR count). The van der Waals surface area contributed by atoms with Crippen molar-refractivity contribution >= 4 is 23.6 Å². The Bertz CT molecular complexity index is 826. The fraction of sp³-hybridized carbons (Fsp3) is 0.238. The summed E-state index contributed by atoms with van der Waals surface area (Å²) in [5.74, 6) is -0.748. The van der Waals surface area contributed by atoms with E-state index in [9.17, 15) is 14.0 Å². The van der Waals surface area contributed by atoms with Crippen LogP contribution in [0.3, 0.4) is 0 Å². The standard InChI is InChI=1S/C21H22FN3O2/c1-16(26)23-20(15-17-5-3-2-4-6-17)21(27)25-13-11-24(12-14-25)19-9-7-18(22)8-10-19/h2-10,15H,11-14H2,1H3,(H,23,26)/b20-15-. The van der Waals surface area contributed by atoms with E-state index in [1.807, 2.05) is 30.3 Å². The van der Waals surface area contributed by atoms with E-state index < -0.39 is 0 Å². The van der Waals surface area contributed by atoms with Gasteiger partial charge in [-0.05, 0) is 35.9 Å². The molecule has 0 aromatic heterocycles. The summed E-state index contributed by atoms with van der Waals surface area (Å²) in [4.78, 5) is 28.3. The van der Waals surface area contributed by atoms with Crippen molar-refractivity contribution in [2.24, 2.45) is 0 Å². The predicted octanol–water partition coefficient (Wildman–Crippen LogP) is 2.65. The van der Waals surface area contributed by atoms with Crippen LogP contribution < -0.4 is 10.2 Å². The van der Waals surface area contributed by atoms with Crippen molar-refractivity contribution < 1.29 is 14.0 Å². The molecule has 2 amide bonds.